The summed E-state index contributed by atoms with van der Waals surface area (Å²) in [7, 11) is 0. The van der Waals surface area contributed by atoms with Gasteiger partial charge in [-0.2, -0.15) is 10.2 Å². The molecule has 7 nitrogen and oxygen atoms in total. The summed E-state index contributed by atoms with van der Waals surface area (Å²) in [6.45, 7) is 0.473. The fraction of sp³-hybridized carbons (Fsp3) is 0.0714. The van der Waals surface area contributed by atoms with E-state index in [0.29, 0.717) is 17.9 Å². The number of nitrogens with one attached hydrogen (secondary N) is 1. The van der Waals surface area contributed by atoms with Gasteiger partial charge in [0.15, 0.2) is 0 Å². The number of aromatic carboxylic acids is 1. The lowest BCUT2D eigenvalue weighted by Crippen LogP contribution is -2.05. The molecule has 7 heteroatoms. The Hall–Kier alpha value is -3.09. The van der Waals surface area contributed by atoms with E-state index in [9.17, 15) is 4.79 Å². The average molecular weight is 281 g/mol. The number of carbonyl (C=O) groups is 1. The van der Waals surface area contributed by atoms with Gasteiger partial charge in [-0.25, -0.2) is 14.8 Å². The summed E-state index contributed by atoms with van der Waals surface area (Å²) in [5.41, 5.74) is 1.55. The summed E-state index contributed by atoms with van der Waals surface area (Å²) in [6.07, 6.45) is 3.00. The SMILES string of the molecule is O=C(O)c1ccc2c(NCc3cccnn3)ncnc2c1. The van der Waals surface area contributed by atoms with Crippen molar-refractivity contribution < 1.29 is 9.90 Å². The summed E-state index contributed by atoms with van der Waals surface area (Å²) >= 11 is 0. The molecular weight excluding hydrogens is 270 g/mol. The zero-order valence-electron chi connectivity index (χ0n) is 10.9. The van der Waals surface area contributed by atoms with E-state index in [-0.39, 0.29) is 5.56 Å². The maximum absolute atomic E-state index is 11.0. The lowest BCUT2D eigenvalue weighted by atomic mass is 10.1. The molecule has 0 fully saturated rings. The molecule has 0 atom stereocenters. The smallest absolute Gasteiger partial charge is 0.335 e. The Morgan fingerprint density at radius 3 is 2.90 bits per heavy atom. The monoisotopic (exact) mass is 281 g/mol. The minimum atomic E-state index is -0.982. The summed E-state index contributed by atoms with van der Waals surface area (Å²) in [4.78, 5) is 19.2. The van der Waals surface area contributed by atoms with Gasteiger partial charge in [0, 0.05) is 11.6 Å². The van der Waals surface area contributed by atoms with Crippen LogP contribution in [0.3, 0.4) is 0 Å². The number of aromatic nitrogens is 4. The van der Waals surface area contributed by atoms with Crippen molar-refractivity contribution >= 4 is 22.7 Å². The number of nitrogens with zero attached hydrogens (tertiary/aromatic N) is 4. The number of anilines is 1. The Bertz CT molecular complexity index is 792. The number of hydrogen-bond acceptors (Lipinski definition) is 6. The second kappa shape index (κ2) is 5.49. The van der Waals surface area contributed by atoms with Crippen molar-refractivity contribution in [3.63, 3.8) is 0 Å². The number of carboxylic acid groups (broad SMARTS) is 1. The van der Waals surface area contributed by atoms with E-state index in [1.807, 2.05) is 6.07 Å². The fourth-order valence-electron chi connectivity index (χ4n) is 1.93. The third kappa shape index (κ3) is 2.76. The van der Waals surface area contributed by atoms with Gasteiger partial charge in [0.25, 0.3) is 0 Å². The predicted octanol–water partition coefficient (Wildman–Crippen LogP) is 1.73. The Balaban J connectivity index is 1.90. The first kappa shape index (κ1) is 12.9. The summed E-state index contributed by atoms with van der Waals surface area (Å²) in [6, 6.07) is 8.40. The van der Waals surface area contributed by atoms with Crippen molar-refractivity contribution in [3.05, 3.63) is 54.1 Å². The van der Waals surface area contributed by atoms with Crippen LogP contribution in [0.15, 0.2) is 42.9 Å². The molecule has 0 saturated carbocycles. The number of hydrogen-bond donors (Lipinski definition) is 2. The molecule has 1 aromatic carbocycles. The van der Waals surface area contributed by atoms with Gasteiger partial charge in [0.1, 0.15) is 12.1 Å². The van der Waals surface area contributed by atoms with Crippen molar-refractivity contribution in [1.29, 1.82) is 0 Å². The molecule has 0 aliphatic carbocycles. The zero-order chi connectivity index (χ0) is 14.7. The Kier molecular flexibility index (Phi) is 3.38. The lowest BCUT2D eigenvalue weighted by Gasteiger charge is -2.07. The van der Waals surface area contributed by atoms with Crippen molar-refractivity contribution in [1.82, 2.24) is 20.2 Å². The standard InChI is InChI=1S/C14H11N5O2/c20-14(21)9-3-4-11-12(6-9)16-8-17-13(11)15-7-10-2-1-5-18-19-10/h1-6,8H,7H2,(H,20,21)(H,15,16,17). The van der Waals surface area contributed by atoms with Gasteiger partial charge < -0.3 is 10.4 Å². The van der Waals surface area contributed by atoms with E-state index in [2.05, 4.69) is 25.5 Å². The third-order valence-corrected chi connectivity index (χ3v) is 2.95. The highest BCUT2D eigenvalue weighted by Gasteiger charge is 2.08. The van der Waals surface area contributed by atoms with Gasteiger partial charge in [0.05, 0.1) is 23.3 Å². The van der Waals surface area contributed by atoms with Crippen molar-refractivity contribution in [2.24, 2.45) is 0 Å². The molecule has 2 heterocycles. The quantitative estimate of drug-likeness (QED) is 0.750. The highest BCUT2D eigenvalue weighted by atomic mass is 16.4. The van der Waals surface area contributed by atoms with Crippen molar-refractivity contribution in [2.45, 2.75) is 6.54 Å². The van der Waals surface area contributed by atoms with Crippen molar-refractivity contribution in [3.8, 4) is 0 Å². The van der Waals surface area contributed by atoms with Crippen LogP contribution in [0.1, 0.15) is 16.1 Å². The van der Waals surface area contributed by atoms with Crippen molar-refractivity contribution in [2.75, 3.05) is 5.32 Å². The molecule has 2 aromatic heterocycles. The van der Waals surface area contributed by atoms with Gasteiger partial charge in [-0.3, -0.25) is 0 Å². The molecule has 0 unspecified atom stereocenters. The van der Waals surface area contributed by atoms with E-state index in [1.165, 1.54) is 18.5 Å². The predicted molar refractivity (Wildman–Crippen MR) is 75.9 cm³/mol. The van der Waals surface area contributed by atoms with Crippen LogP contribution >= 0.6 is 0 Å². The summed E-state index contributed by atoms with van der Waals surface area (Å²) < 4.78 is 0. The fourth-order valence-corrected chi connectivity index (χ4v) is 1.93. The van der Waals surface area contributed by atoms with E-state index in [1.54, 1.807) is 18.3 Å². The minimum absolute atomic E-state index is 0.195. The molecule has 0 amide bonds. The summed E-state index contributed by atoms with van der Waals surface area (Å²) in [5, 5.41) is 20.7. The van der Waals surface area contributed by atoms with E-state index in [4.69, 9.17) is 5.11 Å². The first-order chi connectivity index (χ1) is 10.2. The second-order valence-electron chi connectivity index (χ2n) is 4.33. The van der Waals surface area contributed by atoms with Crippen LogP contribution < -0.4 is 5.32 Å². The van der Waals surface area contributed by atoms with Crippen LogP contribution in [-0.4, -0.2) is 31.2 Å². The Labute approximate surface area is 119 Å². The molecule has 2 N–H and O–H groups in total. The maximum atomic E-state index is 11.0. The number of carboxylic acids is 1. The van der Waals surface area contributed by atoms with E-state index >= 15 is 0 Å². The van der Waals surface area contributed by atoms with Gasteiger partial charge in [-0.15, -0.1) is 0 Å². The molecule has 21 heavy (non-hydrogen) atoms. The van der Waals surface area contributed by atoms with Crippen LogP contribution in [0.25, 0.3) is 10.9 Å². The molecular formula is C14H11N5O2. The van der Waals surface area contributed by atoms with Crippen LogP contribution in [0.5, 0.6) is 0 Å². The number of rotatable bonds is 4. The first-order valence-electron chi connectivity index (χ1n) is 6.22. The molecule has 104 valence electrons. The minimum Gasteiger partial charge on any atom is -0.478 e. The first-order valence-corrected chi connectivity index (χ1v) is 6.22. The lowest BCUT2D eigenvalue weighted by molar-refractivity contribution is 0.0697. The van der Waals surface area contributed by atoms with Crippen LogP contribution in [0.4, 0.5) is 5.82 Å². The molecule has 3 rings (SSSR count). The molecule has 0 aliphatic rings. The third-order valence-electron chi connectivity index (χ3n) is 2.95. The molecule has 0 aliphatic heterocycles. The topological polar surface area (TPSA) is 101 Å². The molecule has 0 spiro atoms. The average Bonchev–Trinajstić information content (AvgIpc) is 2.53. The maximum Gasteiger partial charge on any atom is 0.335 e. The molecule has 0 saturated heterocycles. The second-order valence-corrected chi connectivity index (χ2v) is 4.33. The molecule has 3 aromatic rings. The zero-order valence-corrected chi connectivity index (χ0v) is 10.9. The summed E-state index contributed by atoms with van der Waals surface area (Å²) in [5.74, 6) is -0.354. The van der Waals surface area contributed by atoms with E-state index in [0.717, 1.165) is 11.1 Å². The van der Waals surface area contributed by atoms with Gasteiger partial charge in [-0.05, 0) is 30.3 Å². The number of benzene rings is 1. The van der Waals surface area contributed by atoms with E-state index < -0.39 is 5.97 Å². The van der Waals surface area contributed by atoms with Gasteiger partial charge in [0.2, 0.25) is 0 Å². The van der Waals surface area contributed by atoms with Gasteiger partial charge in [-0.1, -0.05) is 0 Å². The Morgan fingerprint density at radius 1 is 1.24 bits per heavy atom. The molecule has 0 bridgehead atoms. The highest BCUT2D eigenvalue weighted by Crippen LogP contribution is 2.20. The van der Waals surface area contributed by atoms with Crippen LogP contribution in [0.2, 0.25) is 0 Å². The molecule has 0 radical (unpaired) electrons. The highest BCUT2D eigenvalue weighted by molar-refractivity contribution is 5.96. The number of fused-ring (bicyclic) bond motifs is 1. The Morgan fingerprint density at radius 2 is 2.14 bits per heavy atom. The van der Waals surface area contributed by atoms with Gasteiger partial charge >= 0.3 is 5.97 Å². The largest absolute Gasteiger partial charge is 0.478 e. The normalized spacial score (nSPS) is 10.5. The van der Waals surface area contributed by atoms with Crippen LogP contribution in [0, 0.1) is 0 Å². The van der Waals surface area contributed by atoms with Crippen LogP contribution in [-0.2, 0) is 6.54 Å².